The van der Waals surface area contributed by atoms with Gasteiger partial charge in [0.15, 0.2) is 0 Å². The zero-order chi connectivity index (χ0) is 16.9. The SMILES string of the molecule is Cc1ncc2c(c1CNC(=O)CCc1ccc(O)cc1)CCNC2. The van der Waals surface area contributed by atoms with Crippen molar-refractivity contribution in [1.29, 1.82) is 0 Å². The molecule has 24 heavy (non-hydrogen) atoms. The third kappa shape index (κ3) is 3.92. The van der Waals surface area contributed by atoms with E-state index >= 15 is 0 Å². The highest BCUT2D eigenvalue weighted by Crippen LogP contribution is 2.20. The third-order valence-electron chi connectivity index (χ3n) is 4.51. The molecule has 2 heterocycles. The number of nitrogens with zero attached hydrogens (tertiary/aromatic N) is 1. The van der Waals surface area contributed by atoms with Gasteiger partial charge in [-0.05, 0) is 60.7 Å². The number of carbonyl (C=O) groups is 1. The zero-order valence-electron chi connectivity index (χ0n) is 13.9. The lowest BCUT2D eigenvalue weighted by Crippen LogP contribution is -2.29. The molecular weight excluding hydrogens is 302 g/mol. The van der Waals surface area contributed by atoms with Crippen LogP contribution >= 0.6 is 0 Å². The number of rotatable bonds is 5. The topological polar surface area (TPSA) is 74.2 Å². The molecule has 0 fully saturated rings. The second kappa shape index (κ2) is 7.45. The van der Waals surface area contributed by atoms with Gasteiger partial charge in [0.2, 0.25) is 5.91 Å². The van der Waals surface area contributed by atoms with Gasteiger partial charge in [-0.1, -0.05) is 12.1 Å². The second-order valence-electron chi connectivity index (χ2n) is 6.20. The average molecular weight is 325 g/mol. The van der Waals surface area contributed by atoms with E-state index in [4.69, 9.17) is 0 Å². The molecule has 0 saturated heterocycles. The molecule has 3 N–H and O–H groups in total. The summed E-state index contributed by atoms with van der Waals surface area (Å²) < 4.78 is 0. The van der Waals surface area contributed by atoms with Crippen molar-refractivity contribution in [1.82, 2.24) is 15.6 Å². The Kier molecular flexibility index (Phi) is 5.11. The lowest BCUT2D eigenvalue weighted by molar-refractivity contribution is -0.121. The van der Waals surface area contributed by atoms with Crippen LogP contribution in [0.15, 0.2) is 30.5 Å². The summed E-state index contributed by atoms with van der Waals surface area (Å²) >= 11 is 0. The lowest BCUT2D eigenvalue weighted by Gasteiger charge is -2.21. The van der Waals surface area contributed by atoms with E-state index in [2.05, 4.69) is 15.6 Å². The number of pyridine rings is 1. The van der Waals surface area contributed by atoms with Gasteiger partial charge in [0.05, 0.1) is 0 Å². The first-order valence-corrected chi connectivity index (χ1v) is 8.35. The van der Waals surface area contributed by atoms with Crippen molar-refractivity contribution < 1.29 is 9.90 Å². The number of phenols is 1. The van der Waals surface area contributed by atoms with Gasteiger partial charge in [-0.2, -0.15) is 0 Å². The largest absolute Gasteiger partial charge is 0.508 e. The van der Waals surface area contributed by atoms with Crippen molar-refractivity contribution >= 4 is 5.91 Å². The quantitative estimate of drug-likeness (QED) is 0.786. The Bertz CT molecular complexity index is 726. The lowest BCUT2D eigenvalue weighted by atomic mass is 9.96. The number of fused-ring (bicyclic) bond motifs is 1. The molecule has 126 valence electrons. The van der Waals surface area contributed by atoms with Crippen molar-refractivity contribution in [2.75, 3.05) is 6.54 Å². The van der Waals surface area contributed by atoms with E-state index in [1.54, 1.807) is 12.1 Å². The Morgan fingerprint density at radius 3 is 2.92 bits per heavy atom. The van der Waals surface area contributed by atoms with Crippen LogP contribution in [-0.4, -0.2) is 22.5 Å². The Morgan fingerprint density at radius 2 is 2.12 bits per heavy atom. The number of carbonyl (C=O) groups excluding carboxylic acids is 1. The standard InChI is InChI=1S/C19H23N3O2/c1-13-18(17-8-9-20-10-15(17)11-21-13)12-22-19(24)7-4-14-2-5-16(23)6-3-14/h2-3,5-6,11,20,23H,4,7-10,12H2,1H3,(H,22,24). The first kappa shape index (κ1) is 16.5. The molecule has 0 spiro atoms. The van der Waals surface area contributed by atoms with E-state index in [-0.39, 0.29) is 11.7 Å². The van der Waals surface area contributed by atoms with Crippen molar-refractivity contribution in [3.63, 3.8) is 0 Å². The van der Waals surface area contributed by atoms with E-state index in [1.165, 1.54) is 11.1 Å². The Morgan fingerprint density at radius 1 is 1.33 bits per heavy atom. The molecule has 0 atom stereocenters. The van der Waals surface area contributed by atoms with Crippen LogP contribution in [0.5, 0.6) is 5.75 Å². The highest BCUT2D eigenvalue weighted by molar-refractivity contribution is 5.76. The van der Waals surface area contributed by atoms with Gasteiger partial charge < -0.3 is 15.7 Å². The predicted molar refractivity (Wildman–Crippen MR) is 92.7 cm³/mol. The number of benzene rings is 1. The number of aromatic hydroxyl groups is 1. The van der Waals surface area contributed by atoms with Crippen molar-refractivity contribution in [2.24, 2.45) is 0 Å². The van der Waals surface area contributed by atoms with E-state index in [9.17, 15) is 9.90 Å². The highest BCUT2D eigenvalue weighted by atomic mass is 16.3. The average Bonchev–Trinajstić information content (AvgIpc) is 2.60. The maximum atomic E-state index is 12.1. The number of aromatic nitrogens is 1. The summed E-state index contributed by atoms with van der Waals surface area (Å²) in [5, 5.41) is 15.7. The minimum atomic E-state index is 0.0361. The summed E-state index contributed by atoms with van der Waals surface area (Å²) in [6.07, 6.45) is 4.03. The summed E-state index contributed by atoms with van der Waals surface area (Å²) in [7, 11) is 0. The second-order valence-corrected chi connectivity index (χ2v) is 6.20. The molecule has 1 aliphatic rings. The van der Waals surface area contributed by atoms with Crippen LogP contribution in [0.25, 0.3) is 0 Å². The summed E-state index contributed by atoms with van der Waals surface area (Å²) in [5.41, 5.74) is 5.77. The molecule has 0 unspecified atom stereocenters. The van der Waals surface area contributed by atoms with Crippen LogP contribution in [-0.2, 0) is 30.7 Å². The summed E-state index contributed by atoms with van der Waals surface area (Å²) in [6.45, 7) is 4.36. The maximum absolute atomic E-state index is 12.1. The van der Waals surface area contributed by atoms with Crippen LogP contribution in [0.1, 0.15) is 34.4 Å². The van der Waals surface area contributed by atoms with Crippen LogP contribution in [0, 0.1) is 6.92 Å². The molecule has 0 bridgehead atoms. The van der Waals surface area contributed by atoms with Gasteiger partial charge >= 0.3 is 0 Å². The first-order valence-electron chi connectivity index (χ1n) is 8.35. The Balaban J connectivity index is 1.57. The zero-order valence-corrected chi connectivity index (χ0v) is 13.9. The van der Waals surface area contributed by atoms with E-state index < -0.39 is 0 Å². The molecule has 0 radical (unpaired) electrons. The van der Waals surface area contributed by atoms with Gasteiger partial charge in [0.25, 0.3) is 0 Å². The fraction of sp³-hybridized carbons (Fsp3) is 0.368. The third-order valence-corrected chi connectivity index (χ3v) is 4.51. The Labute approximate surface area is 142 Å². The van der Waals surface area contributed by atoms with E-state index in [0.29, 0.717) is 19.4 Å². The van der Waals surface area contributed by atoms with Crippen molar-refractivity contribution in [2.45, 2.75) is 39.3 Å². The summed E-state index contributed by atoms with van der Waals surface area (Å²) in [5.74, 6) is 0.281. The Hall–Kier alpha value is -2.40. The van der Waals surface area contributed by atoms with Gasteiger partial charge in [0, 0.05) is 31.4 Å². The molecule has 5 heteroatoms. The molecular formula is C19H23N3O2. The minimum Gasteiger partial charge on any atom is -0.508 e. The first-order chi connectivity index (χ1) is 11.6. The predicted octanol–water partition coefficient (Wildman–Crippen LogP) is 1.99. The molecule has 5 nitrogen and oxygen atoms in total. The van der Waals surface area contributed by atoms with Crippen LogP contribution in [0.3, 0.4) is 0 Å². The number of aryl methyl sites for hydroxylation is 2. The molecule has 2 aromatic rings. The fourth-order valence-corrected chi connectivity index (χ4v) is 3.07. The highest BCUT2D eigenvalue weighted by Gasteiger charge is 2.16. The monoisotopic (exact) mass is 325 g/mol. The van der Waals surface area contributed by atoms with Gasteiger partial charge in [-0.3, -0.25) is 9.78 Å². The molecule has 3 rings (SSSR count). The van der Waals surface area contributed by atoms with Gasteiger partial charge in [0.1, 0.15) is 5.75 Å². The maximum Gasteiger partial charge on any atom is 0.220 e. The normalized spacial score (nSPS) is 13.4. The van der Waals surface area contributed by atoms with Crippen LogP contribution in [0.4, 0.5) is 0 Å². The van der Waals surface area contributed by atoms with Gasteiger partial charge in [-0.25, -0.2) is 0 Å². The van der Waals surface area contributed by atoms with Crippen molar-refractivity contribution in [3.05, 3.63) is 58.4 Å². The fourth-order valence-electron chi connectivity index (χ4n) is 3.07. The summed E-state index contributed by atoms with van der Waals surface area (Å²) in [4.78, 5) is 16.6. The van der Waals surface area contributed by atoms with Gasteiger partial charge in [-0.15, -0.1) is 0 Å². The van der Waals surface area contributed by atoms with E-state index in [1.807, 2.05) is 25.3 Å². The van der Waals surface area contributed by atoms with Crippen LogP contribution < -0.4 is 10.6 Å². The number of phenolic OH excluding ortho intramolecular Hbond substituents is 1. The molecule has 1 aliphatic heterocycles. The number of amides is 1. The van der Waals surface area contributed by atoms with E-state index in [0.717, 1.165) is 36.3 Å². The molecule has 0 saturated carbocycles. The molecule has 1 aromatic carbocycles. The van der Waals surface area contributed by atoms with Crippen LogP contribution in [0.2, 0.25) is 0 Å². The summed E-state index contributed by atoms with van der Waals surface area (Å²) in [6, 6.07) is 6.98. The number of nitrogens with one attached hydrogen (secondary N) is 2. The number of hydrogen-bond acceptors (Lipinski definition) is 4. The minimum absolute atomic E-state index is 0.0361. The molecule has 1 amide bonds. The molecule has 0 aliphatic carbocycles. The number of hydrogen-bond donors (Lipinski definition) is 3. The van der Waals surface area contributed by atoms with Crippen molar-refractivity contribution in [3.8, 4) is 5.75 Å². The smallest absolute Gasteiger partial charge is 0.220 e. The molecule has 1 aromatic heterocycles.